The van der Waals surface area contributed by atoms with E-state index in [2.05, 4.69) is 38.0 Å². The molecule has 0 saturated carbocycles. The van der Waals surface area contributed by atoms with Gasteiger partial charge in [0.2, 0.25) is 5.91 Å². The van der Waals surface area contributed by atoms with Gasteiger partial charge in [-0.05, 0) is 39.8 Å². The lowest BCUT2D eigenvalue weighted by atomic mass is 10.1. The maximum absolute atomic E-state index is 11.4. The van der Waals surface area contributed by atoms with Crippen LogP contribution in [0.2, 0.25) is 0 Å². The van der Waals surface area contributed by atoms with Crippen LogP contribution in [0.25, 0.3) is 0 Å². The Balaban J connectivity index is 3.51. The van der Waals surface area contributed by atoms with E-state index >= 15 is 0 Å². The van der Waals surface area contributed by atoms with Crippen LogP contribution in [0.15, 0.2) is 0 Å². The summed E-state index contributed by atoms with van der Waals surface area (Å²) in [7, 11) is 2.06. The molecule has 0 aromatic rings. The van der Waals surface area contributed by atoms with E-state index < -0.39 is 0 Å². The highest BCUT2D eigenvalue weighted by Crippen LogP contribution is 2.02. The Labute approximate surface area is 99.6 Å². The van der Waals surface area contributed by atoms with Gasteiger partial charge >= 0.3 is 0 Å². The molecule has 0 fully saturated rings. The van der Waals surface area contributed by atoms with Crippen LogP contribution in [0.3, 0.4) is 0 Å². The highest BCUT2D eigenvalue weighted by Gasteiger charge is 2.06. The maximum Gasteiger partial charge on any atom is 0.220 e. The lowest BCUT2D eigenvalue weighted by Gasteiger charge is -2.20. The van der Waals surface area contributed by atoms with Crippen molar-refractivity contribution >= 4 is 5.91 Å². The lowest BCUT2D eigenvalue weighted by molar-refractivity contribution is -0.121. The van der Waals surface area contributed by atoms with E-state index in [-0.39, 0.29) is 5.91 Å². The summed E-state index contributed by atoms with van der Waals surface area (Å²) in [6.07, 6.45) is 1.46. The van der Waals surface area contributed by atoms with Crippen LogP contribution >= 0.6 is 0 Å². The van der Waals surface area contributed by atoms with E-state index in [9.17, 15) is 4.79 Å². The Hall–Kier alpha value is -0.610. The Morgan fingerprint density at radius 1 is 1.38 bits per heavy atom. The number of likely N-dealkylation sites (N-methyl/N-ethyl adjacent to an activating group) is 1. The number of nitrogens with one attached hydrogen (secondary N) is 1. The summed E-state index contributed by atoms with van der Waals surface area (Å²) < 4.78 is 0. The van der Waals surface area contributed by atoms with Gasteiger partial charge in [0.05, 0.1) is 0 Å². The maximum atomic E-state index is 11.4. The molecular weight excluding hydrogens is 202 g/mol. The number of rotatable bonds is 8. The van der Waals surface area contributed by atoms with Gasteiger partial charge in [0.25, 0.3) is 0 Å². The molecule has 0 aliphatic rings. The molecule has 1 amide bonds. The quantitative estimate of drug-likeness (QED) is 0.648. The second-order valence-electron chi connectivity index (χ2n) is 4.80. The van der Waals surface area contributed by atoms with Crippen LogP contribution in [0.1, 0.15) is 33.6 Å². The molecule has 1 atom stereocenters. The molecule has 0 bridgehead atoms. The zero-order valence-electron chi connectivity index (χ0n) is 11.1. The predicted octanol–water partition coefficient (Wildman–Crippen LogP) is 0.818. The van der Waals surface area contributed by atoms with Gasteiger partial charge in [-0.1, -0.05) is 6.92 Å². The third kappa shape index (κ3) is 7.65. The van der Waals surface area contributed by atoms with Crippen molar-refractivity contribution in [3.05, 3.63) is 0 Å². The molecule has 0 aromatic carbocycles. The number of carbonyl (C=O) groups is 1. The van der Waals surface area contributed by atoms with Crippen molar-refractivity contribution in [2.75, 3.05) is 26.7 Å². The zero-order valence-corrected chi connectivity index (χ0v) is 11.1. The molecule has 4 heteroatoms. The third-order valence-electron chi connectivity index (χ3n) is 2.93. The molecule has 16 heavy (non-hydrogen) atoms. The summed E-state index contributed by atoms with van der Waals surface area (Å²) in [5.74, 6) is 0.571. The van der Waals surface area contributed by atoms with Gasteiger partial charge in [0.1, 0.15) is 0 Å². The number of hydrogen-bond donors (Lipinski definition) is 2. The highest BCUT2D eigenvalue weighted by atomic mass is 16.1. The number of carbonyl (C=O) groups excluding carboxylic acids is 1. The number of nitrogens with zero attached hydrogens (tertiary/aromatic N) is 1. The minimum atomic E-state index is 0.137. The van der Waals surface area contributed by atoms with E-state index in [1.54, 1.807) is 0 Å². The predicted molar refractivity (Wildman–Crippen MR) is 68.2 cm³/mol. The Kier molecular flexibility index (Phi) is 8.21. The number of amides is 1. The van der Waals surface area contributed by atoms with E-state index in [4.69, 9.17) is 5.73 Å². The molecule has 0 heterocycles. The fourth-order valence-electron chi connectivity index (χ4n) is 1.21. The first-order chi connectivity index (χ1) is 7.47. The SMILES string of the molecule is CC(CN)CCC(=O)NCCN(C)C(C)C. The van der Waals surface area contributed by atoms with Gasteiger partial charge in [-0.25, -0.2) is 0 Å². The van der Waals surface area contributed by atoms with Crippen molar-refractivity contribution in [3.63, 3.8) is 0 Å². The van der Waals surface area contributed by atoms with Crippen LogP contribution in [-0.2, 0) is 4.79 Å². The van der Waals surface area contributed by atoms with Crippen LogP contribution in [0.4, 0.5) is 0 Å². The minimum absolute atomic E-state index is 0.137. The average molecular weight is 229 g/mol. The van der Waals surface area contributed by atoms with Crippen LogP contribution in [0.5, 0.6) is 0 Å². The van der Waals surface area contributed by atoms with Gasteiger partial charge in [0, 0.05) is 25.6 Å². The Morgan fingerprint density at radius 2 is 2.00 bits per heavy atom. The molecule has 0 aliphatic heterocycles. The molecule has 0 saturated heterocycles. The molecule has 4 nitrogen and oxygen atoms in total. The van der Waals surface area contributed by atoms with Crippen molar-refractivity contribution in [1.82, 2.24) is 10.2 Å². The van der Waals surface area contributed by atoms with Gasteiger partial charge in [-0.15, -0.1) is 0 Å². The van der Waals surface area contributed by atoms with Gasteiger partial charge in [0.15, 0.2) is 0 Å². The second kappa shape index (κ2) is 8.53. The van der Waals surface area contributed by atoms with Gasteiger partial charge < -0.3 is 16.0 Å². The first-order valence-electron chi connectivity index (χ1n) is 6.14. The molecule has 0 rings (SSSR count). The van der Waals surface area contributed by atoms with Crippen LogP contribution < -0.4 is 11.1 Å². The fraction of sp³-hybridized carbons (Fsp3) is 0.917. The number of hydrogen-bond acceptors (Lipinski definition) is 3. The summed E-state index contributed by atoms with van der Waals surface area (Å²) >= 11 is 0. The molecule has 0 aliphatic carbocycles. The first-order valence-corrected chi connectivity index (χ1v) is 6.14. The van der Waals surface area contributed by atoms with Crippen molar-refractivity contribution in [2.24, 2.45) is 11.7 Å². The topological polar surface area (TPSA) is 58.4 Å². The fourth-order valence-corrected chi connectivity index (χ4v) is 1.21. The molecule has 3 N–H and O–H groups in total. The van der Waals surface area contributed by atoms with E-state index in [1.807, 2.05) is 0 Å². The first kappa shape index (κ1) is 15.4. The monoisotopic (exact) mass is 229 g/mol. The summed E-state index contributed by atoms with van der Waals surface area (Å²) in [6, 6.07) is 0.522. The van der Waals surface area contributed by atoms with Crippen LogP contribution in [-0.4, -0.2) is 43.5 Å². The zero-order chi connectivity index (χ0) is 12.6. The van der Waals surface area contributed by atoms with Crippen molar-refractivity contribution < 1.29 is 4.79 Å². The van der Waals surface area contributed by atoms with Crippen LogP contribution in [0, 0.1) is 5.92 Å². The Bertz CT molecular complexity index is 195. The molecule has 0 aromatic heterocycles. The summed E-state index contributed by atoms with van der Waals surface area (Å²) in [5.41, 5.74) is 5.49. The summed E-state index contributed by atoms with van der Waals surface area (Å²) in [4.78, 5) is 13.7. The molecule has 1 unspecified atom stereocenters. The smallest absolute Gasteiger partial charge is 0.220 e. The van der Waals surface area contributed by atoms with Crippen molar-refractivity contribution in [3.8, 4) is 0 Å². The minimum Gasteiger partial charge on any atom is -0.355 e. The van der Waals surface area contributed by atoms with E-state index in [0.717, 1.165) is 19.5 Å². The summed E-state index contributed by atoms with van der Waals surface area (Å²) in [5, 5.41) is 2.93. The molecular formula is C12H27N3O. The average Bonchev–Trinajstić information content (AvgIpc) is 2.25. The highest BCUT2D eigenvalue weighted by molar-refractivity contribution is 5.75. The van der Waals surface area contributed by atoms with Gasteiger partial charge in [-0.3, -0.25) is 4.79 Å². The normalized spacial score (nSPS) is 13.2. The van der Waals surface area contributed by atoms with Crippen molar-refractivity contribution in [2.45, 2.75) is 39.7 Å². The largest absolute Gasteiger partial charge is 0.355 e. The molecule has 0 spiro atoms. The van der Waals surface area contributed by atoms with Crippen molar-refractivity contribution in [1.29, 1.82) is 0 Å². The third-order valence-corrected chi connectivity index (χ3v) is 2.93. The lowest BCUT2D eigenvalue weighted by Crippen LogP contribution is -2.36. The molecule has 96 valence electrons. The molecule has 0 radical (unpaired) electrons. The second-order valence-corrected chi connectivity index (χ2v) is 4.80. The van der Waals surface area contributed by atoms with E-state index in [0.29, 0.717) is 24.9 Å². The number of nitrogens with two attached hydrogens (primary N) is 1. The Morgan fingerprint density at radius 3 is 2.50 bits per heavy atom. The van der Waals surface area contributed by atoms with E-state index in [1.165, 1.54) is 0 Å². The summed E-state index contributed by atoms with van der Waals surface area (Å²) in [6.45, 7) is 8.64. The van der Waals surface area contributed by atoms with Gasteiger partial charge in [-0.2, -0.15) is 0 Å². The standard InChI is InChI=1S/C12H27N3O/c1-10(2)15(4)8-7-14-12(16)6-5-11(3)9-13/h10-11H,5-9,13H2,1-4H3,(H,14,16).